The largest absolute Gasteiger partial charge is 0.397 e. The highest BCUT2D eigenvalue weighted by Crippen LogP contribution is 2.30. The molecule has 1 aliphatic carbocycles. The van der Waals surface area contributed by atoms with Gasteiger partial charge in [0.1, 0.15) is 0 Å². The highest BCUT2D eigenvalue weighted by Gasteiger charge is 2.18. The van der Waals surface area contributed by atoms with Gasteiger partial charge in [0, 0.05) is 10.1 Å². The van der Waals surface area contributed by atoms with Crippen LogP contribution < -0.4 is 11.1 Å². The summed E-state index contributed by atoms with van der Waals surface area (Å²) in [5, 5.41) is 3.47. The summed E-state index contributed by atoms with van der Waals surface area (Å²) in [5.41, 5.74) is 7.94. The zero-order valence-electron chi connectivity index (χ0n) is 11.1. The Labute approximate surface area is 124 Å². The molecule has 0 spiro atoms. The molecule has 0 saturated heterocycles. The molecular formula is C15H23IN2. The first kappa shape index (κ1) is 14.0. The Hall–Kier alpha value is -0.450. The zero-order chi connectivity index (χ0) is 13.0. The second-order valence-corrected chi connectivity index (χ2v) is 6.83. The molecule has 0 radical (unpaired) electrons. The molecule has 0 heterocycles. The molecule has 3 heteroatoms. The molecule has 2 rings (SSSR count). The molecule has 1 aromatic carbocycles. The van der Waals surface area contributed by atoms with Gasteiger partial charge in [0.2, 0.25) is 0 Å². The summed E-state index contributed by atoms with van der Waals surface area (Å²) in [5.74, 6) is 1.83. The van der Waals surface area contributed by atoms with Crippen molar-refractivity contribution in [1.29, 1.82) is 0 Å². The number of halogens is 1. The third-order valence-electron chi connectivity index (χ3n) is 3.93. The van der Waals surface area contributed by atoms with Crippen LogP contribution >= 0.6 is 22.6 Å². The van der Waals surface area contributed by atoms with Crippen LogP contribution in [-0.2, 0) is 0 Å². The normalized spacial score (nSPS) is 23.9. The van der Waals surface area contributed by atoms with E-state index in [4.69, 9.17) is 5.73 Å². The van der Waals surface area contributed by atoms with Gasteiger partial charge >= 0.3 is 0 Å². The molecule has 2 unspecified atom stereocenters. The maximum absolute atomic E-state index is 6.00. The number of hydrogen-bond donors (Lipinski definition) is 2. The SMILES string of the molecule is CC1CCCC(CCNc2ccc(I)cc2N)C1. The summed E-state index contributed by atoms with van der Waals surface area (Å²) < 4.78 is 1.19. The van der Waals surface area contributed by atoms with Gasteiger partial charge in [-0.2, -0.15) is 0 Å². The highest BCUT2D eigenvalue weighted by molar-refractivity contribution is 14.1. The molecular weight excluding hydrogens is 335 g/mol. The fourth-order valence-electron chi connectivity index (χ4n) is 2.93. The van der Waals surface area contributed by atoms with Crippen LogP contribution in [0.2, 0.25) is 0 Å². The monoisotopic (exact) mass is 358 g/mol. The molecule has 2 nitrogen and oxygen atoms in total. The minimum atomic E-state index is 0.860. The van der Waals surface area contributed by atoms with Crippen molar-refractivity contribution in [3.05, 3.63) is 21.8 Å². The van der Waals surface area contributed by atoms with E-state index in [9.17, 15) is 0 Å². The molecule has 1 fully saturated rings. The Bertz CT molecular complexity index is 392. The Kier molecular flexibility index (Phi) is 5.15. The van der Waals surface area contributed by atoms with Crippen molar-refractivity contribution >= 4 is 34.0 Å². The van der Waals surface area contributed by atoms with Gasteiger partial charge in [-0.1, -0.05) is 26.2 Å². The fourth-order valence-corrected chi connectivity index (χ4v) is 3.44. The highest BCUT2D eigenvalue weighted by atomic mass is 127. The molecule has 1 aliphatic rings. The molecule has 2 atom stereocenters. The zero-order valence-corrected chi connectivity index (χ0v) is 13.2. The van der Waals surface area contributed by atoms with Crippen LogP contribution in [0.3, 0.4) is 0 Å². The van der Waals surface area contributed by atoms with Gasteiger partial charge in [0.15, 0.2) is 0 Å². The molecule has 1 aromatic rings. The summed E-state index contributed by atoms with van der Waals surface area (Å²) in [6.07, 6.45) is 6.93. The van der Waals surface area contributed by atoms with Crippen molar-refractivity contribution < 1.29 is 0 Å². The van der Waals surface area contributed by atoms with Crippen LogP contribution in [0.25, 0.3) is 0 Å². The van der Waals surface area contributed by atoms with Gasteiger partial charge in [0.05, 0.1) is 11.4 Å². The molecule has 1 saturated carbocycles. The van der Waals surface area contributed by atoms with E-state index in [-0.39, 0.29) is 0 Å². The average molecular weight is 358 g/mol. The Morgan fingerprint density at radius 3 is 2.94 bits per heavy atom. The van der Waals surface area contributed by atoms with E-state index < -0.39 is 0 Å². The Morgan fingerprint density at radius 1 is 1.39 bits per heavy atom. The van der Waals surface area contributed by atoms with E-state index in [1.54, 1.807) is 0 Å². The van der Waals surface area contributed by atoms with Gasteiger partial charge < -0.3 is 11.1 Å². The lowest BCUT2D eigenvalue weighted by atomic mass is 9.81. The van der Waals surface area contributed by atoms with Crippen LogP contribution in [0.5, 0.6) is 0 Å². The first-order chi connectivity index (χ1) is 8.65. The van der Waals surface area contributed by atoms with E-state index in [1.807, 2.05) is 6.07 Å². The molecule has 100 valence electrons. The summed E-state index contributed by atoms with van der Waals surface area (Å²) in [7, 11) is 0. The van der Waals surface area contributed by atoms with Crippen molar-refractivity contribution in [2.24, 2.45) is 11.8 Å². The van der Waals surface area contributed by atoms with Crippen LogP contribution in [0.15, 0.2) is 18.2 Å². The third-order valence-corrected chi connectivity index (χ3v) is 4.60. The molecule has 18 heavy (non-hydrogen) atoms. The van der Waals surface area contributed by atoms with Crippen molar-refractivity contribution in [3.8, 4) is 0 Å². The summed E-state index contributed by atoms with van der Waals surface area (Å²) in [6.45, 7) is 3.43. The lowest BCUT2D eigenvalue weighted by Crippen LogP contribution is -2.16. The minimum Gasteiger partial charge on any atom is -0.397 e. The van der Waals surface area contributed by atoms with Crippen molar-refractivity contribution in [1.82, 2.24) is 0 Å². The molecule has 3 N–H and O–H groups in total. The summed E-state index contributed by atoms with van der Waals surface area (Å²) >= 11 is 2.29. The predicted octanol–water partition coefficient (Wildman–Crippen LogP) is 4.50. The number of nitrogens with two attached hydrogens (primary N) is 1. The fraction of sp³-hybridized carbons (Fsp3) is 0.600. The smallest absolute Gasteiger partial charge is 0.0574 e. The first-order valence-corrected chi connectivity index (χ1v) is 8.02. The Balaban J connectivity index is 1.77. The van der Waals surface area contributed by atoms with Crippen LogP contribution in [0.4, 0.5) is 11.4 Å². The van der Waals surface area contributed by atoms with E-state index in [2.05, 4.69) is 47.0 Å². The topological polar surface area (TPSA) is 38.0 Å². The standard InChI is InChI=1S/C15H23IN2/c1-11-3-2-4-12(9-11)7-8-18-15-6-5-13(16)10-14(15)17/h5-6,10-12,18H,2-4,7-9,17H2,1H3. The summed E-state index contributed by atoms with van der Waals surface area (Å²) in [6, 6.07) is 6.20. The van der Waals surface area contributed by atoms with Crippen molar-refractivity contribution in [3.63, 3.8) is 0 Å². The van der Waals surface area contributed by atoms with Gasteiger partial charge in [-0.25, -0.2) is 0 Å². The second-order valence-electron chi connectivity index (χ2n) is 5.58. The predicted molar refractivity (Wildman–Crippen MR) is 87.8 cm³/mol. The first-order valence-electron chi connectivity index (χ1n) is 6.94. The van der Waals surface area contributed by atoms with E-state index in [0.29, 0.717) is 0 Å². The van der Waals surface area contributed by atoms with Crippen LogP contribution in [0.1, 0.15) is 39.0 Å². The lowest BCUT2D eigenvalue weighted by Gasteiger charge is -2.26. The third kappa shape index (κ3) is 4.04. The summed E-state index contributed by atoms with van der Waals surface area (Å²) in [4.78, 5) is 0. The van der Waals surface area contributed by atoms with Gasteiger partial charge in [0.25, 0.3) is 0 Å². The second kappa shape index (κ2) is 6.64. The van der Waals surface area contributed by atoms with Crippen LogP contribution in [0, 0.1) is 15.4 Å². The number of rotatable bonds is 4. The van der Waals surface area contributed by atoms with Gasteiger partial charge in [-0.15, -0.1) is 0 Å². The molecule has 0 aromatic heterocycles. The number of nitrogens with one attached hydrogen (secondary N) is 1. The Morgan fingerprint density at radius 2 is 2.22 bits per heavy atom. The van der Waals surface area contributed by atoms with Crippen molar-refractivity contribution in [2.45, 2.75) is 39.0 Å². The molecule has 0 bridgehead atoms. The lowest BCUT2D eigenvalue weighted by molar-refractivity contribution is 0.274. The maximum Gasteiger partial charge on any atom is 0.0574 e. The average Bonchev–Trinajstić information content (AvgIpc) is 2.32. The van der Waals surface area contributed by atoms with E-state index >= 15 is 0 Å². The number of nitrogen functional groups attached to an aromatic ring is 1. The van der Waals surface area contributed by atoms with E-state index in [1.165, 1.54) is 35.7 Å². The van der Waals surface area contributed by atoms with Crippen LogP contribution in [-0.4, -0.2) is 6.54 Å². The number of benzene rings is 1. The quantitative estimate of drug-likeness (QED) is 0.614. The van der Waals surface area contributed by atoms with E-state index in [0.717, 1.165) is 29.8 Å². The van der Waals surface area contributed by atoms with Gasteiger partial charge in [-0.3, -0.25) is 0 Å². The molecule has 0 aliphatic heterocycles. The number of anilines is 2. The van der Waals surface area contributed by atoms with Crippen molar-refractivity contribution in [2.75, 3.05) is 17.6 Å². The molecule has 0 amide bonds. The van der Waals surface area contributed by atoms with Gasteiger partial charge in [-0.05, 0) is 65.5 Å². The number of hydrogen-bond acceptors (Lipinski definition) is 2. The maximum atomic E-state index is 6.00. The minimum absolute atomic E-state index is 0.860.